The van der Waals surface area contributed by atoms with E-state index in [1.807, 2.05) is 36.4 Å². The molecule has 8 heteroatoms. The Morgan fingerprint density at radius 3 is 2.76 bits per heavy atom. The molecule has 0 saturated carbocycles. The number of furan rings is 1. The van der Waals surface area contributed by atoms with E-state index in [9.17, 15) is 4.79 Å². The lowest BCUT2D eigenvalue weighted by Crippen LogP contribution is -2.44. The molecule has 0 unspecified atom stereocenters. The highest BCUT2D eigenvalue weighted by Crippen LogP contribution is 2.33. The van der Waals surface area contributed by atoms with Gasteiger partial charge in [-0.1, -0.05) is 35.6 Å². The minimum atomic E-state index is -0.842. The number of aromatic nitrogens is 1. The molecule has 2 aromatic carbocycles. The average Bonchev–Trinajstić information content (AvgIpc) is 3.43. The number of hydrogen-bond acceptors (Lipinski definition) is 7. The van der Waals surface area contributed by atoms with Crippen LogP contribution in [0.25, 0.3) is 10.2 Å². The van der Waals surface area contributed by atoms with Gasteiger partial charge in [-0.05, 0) is 36.4 Å². The van der Waals surface area contributed by atoms with Crippen molar-refractivity contribution in [2.24, 2.45) is 5.10 Å². The Kier molecular flexibility index (Phi) is 4.45. The van der Waals surface area contributed by atoms with Gasteiger partial charge in [0.1, 0.15) is 12.4 Å². The minimum absolute atomic E-state index is 0.0908. The summed E-state index contributed by atoms with van der Waals surface area (Å²) in [6.07, 6.45) is 2.17. The minimum Gasteiger partial charge on any atom is -0.485 e. The van der Waals surface area contributed by atoms with Gasteiger partial charge in [0, 0.05) is 0 Å². The molecule has 0 saturated heterocycles. The van der Waals surface area contributed by atoms with Crippen LogP contribution in [0.5, 0.6) is 11.5 Å². The molecule has 3 heterocycles. The van der Waals surface area contributed by atoms with E-state index in [1.54, 1.807) is 30.5 Å². The Bertz CT molecular complexity index is 1150. The maximum Gasteiger partial charge on any atom is 0.294 e. The second-order valence-corrected chi connectivity index (χ2v) is 7.25. The van der Waals surface area contributed by atoms with Crippen molar-refractivity contribution in [1.82, 2.24) is 4.98 Å². The monoisotopic (exact) mass is 405 g/mol. The zero-order chi connectivity index (χ0) is 19.6. The van der Waals surface area contributed by atoms with E-state index in [-0.39, 0.29) is 12.5 Å². The highest BCUT2D eigenvalue weighted by atomic mass is 32.1. The summed E-state index contributed by atoms with van der Waals surface area (Å²) in [5.74, 6) is 1.29. The first-order valence-electron chi connectivity index (χ1n) is 8.93. The molecule has 2 aromatic heterocycles. The lowest BCUT2D eigenvalue weighted by Gasteiger charge is -2.27. The first-order chi connectivity index (χ1) is 14.3. The quantitative estimate of drug-likeness (QED) is 0.377. The molecular formula is C21H15N3O4S. The molecule has 144 valence electrons. The number of benzene rings is 2. The normalized spacial score (nSPS) is 15.7. The molecule has 1 atom stereocenters. The molecule has 1 amide bonds. The van der Waals surface area contributed by atoms with Crippen molar-refractivity contribution in [3.05, 3.63) is 72.7 Å². The smallest absolute Gasteiger partial charge is 0.294 e. The molecule has 7 nitrogen and oxygen atoms in total. The largest absolute Gasteiger partial charge is 0.485 e. The Hall–Kier alpha value is -3.65. The van der Waals surface area contributed by atoms with E-state index in [4.69, 9.17) is 13.9 Å². The second kappa shape index (κ2) is 7.40. The Morgan fingerprint density at radius 2 is 1.93 bits per heavy atom. The lowest BCUT2D eigenvalue weighted by atomic mass is 10.2. The van der Waals surface area contributed by atoms with Crippen LogP contribution < -0.4 is 14.5 Å². The van der Waals surface area contributed by atoms with Crippen molar-refractivity contribution < 1.29 is 18.7 Å². The number of carbonyl (C=O) groups excluding carboxylic acids is 1. The van der Waals surface area contributed by atoms with Crippen LogP contribution in [0.2, 0.25) is 0 Å². The van der Waals surface area contributed by atoms with Gasteiger partial charge in [-0.3, -0.25) is 4.79 Å². The Balaban J connectivity index is 1.48. The lowest BCUT2D eigenvalue weighted by molar-refractivity contribution is -0.127. The Labute approximate surface area is 169 Å². The fourth-order valence-electron chi connectivity index (χ4n) is 2.91. The van der Waals surface area contributed by atoms with Gasteiger partial charge in [0.2, 0.25) is 11.2 Å². The molecule has 0 aliphatic carbocycles. The summed E-state index contributed by atoms with van der Waals surface area (Å²) in [6.45, 7) is 0.0908. The van der Waals surface area contributed by atoms with Gasteiger partial charge in [0.25, 0.3) is 5.91 Å². The van der Waals surface area contributed by atoms with Gasteiger partial charge >= 0.3 is 0 Å². The van der Waals surface area contributed by atoms with Crippen molar-refractivity contribution in [3.63, 3.8) is 0 Å². The van der Waals surface area contributed by atoms with E-state index < -0.39 is 6.10 Å². The van der Waals surface area contributed by atoms with E-state index in [0.717, 1.165) is 10.2 Å². The summed E-state index contributed by atoms with van der Waals surface area (Å²) in [6, 6.07) is 18.4. The third-order valence-electron chi connectivity index (χ3n) is 4.30. The number of para-hydroxylation sites is 3. The van der Waals surface area contributed by atoms with Gasteiger partial charge in [-0.2, -0.15) is 10.1 Å². The first kappa shape index (κ1) is 17.4. The van der Waals surface area contributed by atoms with Crippen LogP contribution in [0.4, 0.5) is 5.13 Å². The number of hydrazone groups is 1. The maximum absolute atomic E-state index is 13.3. The van der Waals surface area contributed by atoms with Crippen LogP contribution in [0.3, 0.4) is 0 Å². The second-order valence-electron chi connectivity index (χ2n) is 6.24. The van der Waals surface area contributed by atoms with E-state index >= 15 is 0 Å². The van der Waals surface area contributed by atoms with Gasteiger partial charge in [0.05, 0.1) is 22.7 Å². The first-order valence-corrected chi connectivity index (χ1v) is 9.75. The van der Waals surface area contributed by atoms with Gasteiger partial charge in [-0.15, -0.1) is 0 Å². The van der Waals surface area contributed by atoms with E-state index in [2.05, 4.69) is 10.1 Å². The van der Waals surface area contributed by atoms with Crippen LogP contribution >= 0.6 is 11.3 Å². The zero-order valence-electron chi connectivity index (χ0n) is 15.1. The van der Waals surface area contributed by atoms with Crippen LogP contribution in [0, 0.1) is 0 Å². The summed E-state index contributed by atoms with van der Waals surface area (Å²) >= 11 is 1.37. The molecular weight excluding hydrogens is 390 g/mol. The standard InChI is InChI=1S/C21H15N3O4S/c25-20(18-13-27-16-8-2-3-9-17(16)28-18)24(22-12-14-6-5-11-26-14)21-23-15-7-1-4-10-19(15)29-21/h1-12,18H,13H2/b22-12-/t18-/m0/s1. The van der Waals surface area contributed by atoms with Gasteiger partial charge in [0.15, 0.2) is 11.5 Å². The number of anilines is 1. The molecule has 0 fully saturated rings. The summed E-state index contributed by atoms with van der Waals surface area (Å²) in [5, 5.41) is 6.03. The number of ether oxygens (including phenoxy) is 2. The molecule has 0 N–H and O–H groups in total. The number of rotatable bonds is 4. The van der Waals surface area contributed by atoms with E-state index in [0.29, 0.717) is 22.4 Å². The van der Waals surface area contributed by atoms with Gasteiger partial charge < -0.3 is 13.9 Å². The van der Waals surface area contributed by atoms with Gasteiger partial charge in [-0.25, -0.2) is 4.98 Å². The summed E-state index contributed by atoms with van der Waals surface area (Å²) in [7, 11) is 0. The number of amides is 1. The molecule has 0 spiro atoms. The summed E-state index contributed by atoms with van der Waals surface area (Å²) in [5.41, 5.74) is 0.796. The molecule has 1 aliphatic rings. The topological polar surface area (TPSA) is 77.2 Å². The summed E-state index contributed by atoms with van der Waals surface area (Å²) in [4.78, 5) is 17.8. The Morgan fingerprint density at radius 1 is 1.10 bits per heavy atom. The molecule has 5 rings (SSSR count). The molecule has 0 bridgehead atoms. The van der Waals surface area contributed by atoms with E-state index in [1.165, 1.54) is 22.6 Å². The number of carbonyl (C=O) groups is 1. The average molecular weight is 405 g/mol. The van der Waals surface area contributed by atoms with Crippen molar-refractivity contribution in [2.45, 2.75) is 6.10 Å². The predicted molar refractivity (Wildman–Crippen MR) is 110 cm³/mol. The van der Waals surface area contributed by atoms with Crippen molar-refractivity contribution >= 4 is 38.8 Å². The SMILES string of the molecule is O=C([C@@H]1COc2ccccc2O1)N(/N=C\c1ccco1)c1nc2ccccc2s1. The van der Waals surface area contributed by atoms with Crippen molar-refractivity contribution in [1.29, 1.82) is 0 Å². The summed E-state index contributed by atoms with van der Waals surface area (Å²) < 4.78 is 17.8. The number of nitrogens with zero attached hydrogens (tertiary/aromatic N) is 3. The van der Waals surface area contributed by atoms with Crippen LogP contribution in [0.1, 0.15) is 5.76 Å². The van der Waals surface area contributed by atoms with Crippen molar-refractivity contribution in [2.75, 3.05) is 11.6 Å². The third kappa shape index (κ3) is 3.45. The fraction of sp³-hybridized carbons (Fsp3) is 0.0952. The molecule has 4 aromatic rings. The zero-order valence-corrected chi connectivity index (χ0v) is 15.9. The maximum atomic E-state index is 13.3. The fourth-order valence-corrected chi connectivity index (χ4v) is 3.84. The van der Waals surface area contributed by atoms with Crippen molar-refractivity contribution in [3.8, 4) is 11.5 Å². The highest BCUT2D eigenvalue weighted by molar-refractivity contribution is 7.22. The number of thiazole rings is 1. The predicted octanol–water partition coefficient (Wildman–Crippen LogP) is 4.10. The highest BCUT2D eigenvalue weighted by Gasteiger charge is 2.33. The van der Waals surface area contributed by atoms with Crippen LogP contribution in [0.15, 0.2) is 76.4 Å². The molecule has 29 heavy (non-hydrogen) atoms. The third-order valence-corrected chi connectivity index (χ3v) is 5.31. The van der Waals surface area contributed by atoms with Crippen LogP contribution in [-0.2, 0) is 4.79 Å². The van der Waals surface area contributed by atoms with Crippen LogP contribution in [-0.4, -0.2) is 29.8 Å². The number of hydrogen-bond donors (Lipinski definition) is 0. The number of fused-ring (bicyclic) bond motifs is 2. The molecule has 1 aliphatic heterocycles. The molecule has 0 radical (unpaired) electrons.